The molecule has 26 heavy (non-hydrogen) atoms. The molecular weight excluding hydrogens is 322 g/mol. The van der Waals surface area contributed by atoms with Crippen molar-refractivity contribution in [3.63, 3.8) is 0 Å². The molecule has 0 atom stereocenters. The van der Waals surface area contributed by atoms with E-state index >= 15 is 0 Å². The molecule has 3 rings (SSSR count). The van der Waals surface area contributed by atoms with E-state index < -0.39 is 0 Å². The van der Waals surface area contributed by atoms with Gasteiger partial charge in [0.25, 0.3) is 0 Å². The summed E-state index contributed by atoms with van der Waals surface area (Å²) in [6.45, 7) is 6.22. The zero-order valence-corrected chi connectivity index (χ0v) is 15.3. The summed E-state index contributed by atoms with van der Waals surface area (Å²) in [6.07, 6.45) is 1.86. The molecule has 134 valence electrons. The molecule has 0 saturated heterocycles. The lowest BCUT2D eigenvalue weighted by Crippen LogP contribution is -2.37. The van der Waals surface area contributed by atoms with E-state index in [1.54, 1.807) is 0 Å². The van der Waals surface area contributed by atoms with Crippen LogP contribution in [0.15, 0.2) is 65.8 Å². The van der Waals surface area contributed by atoms with Crippen molar-refractivity contribution >= 4 is 5.96 Å². The van der Waals surface area contributed by atoms with E-state index in [1.165, 1.54) is 11.1 Å². The van der Waals surface area contributed by atoms with Crippen LogP contribution in [0.2, 0.25) is 0 Å². The van der Waals surface area contributed by atoms with Crippen LogP contribution in [0.3, 0.4) is 0 Å². The van der Waals surface area contributed by atoms with Gasteiger partial charge >= 0.3 is 0 Å². The molecule has 1 aromatic heterocycles. The van der Waals surface area contributed by atoms with Gasteiger partial charge in [-0.25, -0.2) is 9.98 Å². The number of hydrogen-bond acceptors (Lipinski definition) is 2. The molecule has 3 aromatic rings. The molecule has 0 saturated carbocycles. The van der Waals surface area contributed by atoms with Gasteiger partial charge in [0.15, 0.2) is 5.96 Å². The van der Waals surface area contributed by atoms with Crippen molar-refractivity contribution in [2.24, 2.45) is 4.99 Å². The molecular formula is C21H25N5. The highest BCUT2D eigenvalue weighted by atomic mass is 15.2. The van der Waals surface area contributed by atoms with Crippen molar-refractivity contribution in [2.45, 2.75) is 26.9 Å². The highest BCUT2D eigenvalue weighted by Crippen LogP contribution is 2.15. The van der Waals surface area contributed by atoms with Gasteiger partial charge in [0.1, 0.15) is 5.82 Å². The fourth-order valence-corrected chi connectivity index (χ4v) is 2.68. The number of aromatic amines is 1. The number of benzene rings is 2. The van der Waals surface area contributed by atoms with Gasteiger partial charge in [0.2, 0.25) is 0 Å². The van der Waals surface area contributed by atoms with E-state index in [2.05, 4.69) is 63.7 Å². The summed E-state index contributed by atoms with van der Waals surface area (Å²) in [4.78, 5) is 12.5. The second-order valence-corrected chi connectivity index (χ2v) is 6.08. The molecule has 0 radical (unpaired) electrons. The molecule has 0 bridgehead atoms. The van der Waals surface area contributed by atoms with Crippen molar-refractivity contribution in [3.8, 4) is 11.3 Å². The molecule has 2 aromatic carbocycles. The molecule has 0 amide bonds. The Labute approximate surface area is 154 Å². The lowest BCUT2D eigenvalue weighted by molar-refractivity contribution is 0.785. The number of aromatic nitrogens is 2. The van der Waals surface area contributed by atoms with Crippen LogP contribution < -0.4 is 10.6 Å². The van der Waals surface area contributed by atoms with Crippen molar-refractivity contribution in [1.82, 2.24) is 20.6 Å². The number of aryl methyl sites for hydroxylation is 1. The first-order valence-corrected chi connectivity index (χ1v) is 8.92. The van der Waals surface area contributed by atoms with Crippen LogP contribution in [-0.4, -0.2) is 22.5 Å². The average Bonchev–Trinajstić information content (AvgIpc) is 3.15. The quantitative estimate of drug-likeness (QED) is 0.471. The SMILES string of the molecule is CCNC(=NCc1ccccc1C)NCc1ncc(-c2ccccc2)[nH]1. The smallest absolute Gasteiger partial charge is 0.191 e. The summed E-state index contributed by atoms with van der Waals surface area (Å²) in [5.41, 5.74) is 4.63. The predicted molar refractivity (Wildman–Crippen MR) is 107 cm³/mol. The first-order valence-electron chi connectivity index (χ1n) is 8.92. The molecule has 1 heterocycles. The minimum atomic E-state index is 0.590. The molecule has 5 heteroatoms. The summed E-state index contributed by atoms with van der Waals surface area (Å²) < 4.78 is 0. The van der Waals surface area contributed by atoms with Gasteiger partial charge < -0.3 is 15.6 Å². The molecule has 0 aliphatic rings. The van der Waals surface area contributed by atoms with Gasteiger partial charge in [-0.2, -0.15) is 0 Å². The van der Waals surface area contributed by atoms with E-state index in [0.29, 0.717) is 13.1 Å². The number of rotatable bonds is 6. The first kappa shape index (κ1) is 17.7. The maximum absolute atomic E-state index is 4.68. The van der Waals surface area contributed by atoms with E-state index in [4.69, 9.17) is 0 Å². The lowest BCUT2D eigenvalue weighted by Gasteiger charge is -2.11. The molecule has 5 nitrogen and oxygen atoms in total. The number of imidazole rings is 1. The fourth-order valence-electron chi connectivity index (χ4n) is 2.68. The zero-order chi connectivity index (χ0) is 18.2. The molecule has 0 unspecified atom stereocenters. The van der Waals surface area contributed by atoms with Gasteiger partial charge in [0, 0.05) is 6.54 Å². The summed E-state index contributed by atoms with van der Waals surface area (Å²) in [5.74, 6) is 1.67. The van der Waals surface area contributed by atoms with Crippen LogP contribution in [0.5, 0.6) is 0 Å². The molecule has 0 spiro atoms. The Balaban J connectivity index is 1.63. The Morgan fingerprint density at radius 3 is 2.58 bits per heavy atom. The summed E-state index contributed by atoms with van der Waals surface area (Å²) in [6, 6.07) is 18.5. The highest BCUT2D eigenvalue weighted by molar-refractivity contribution is 5.79. The zero-order valence-electron chi connectivity index (χ0n) is 15.3. The van der Waals surface area contributed by atoms with Crippen LogP contribution >= 0.6 is 0 Å². The van der Waals surface area contributed by atoms with E-state index in [-0.39, 0.29) is 0 Å². The Morgan fingerprint density at radius 2 is 1.81 bits per heavy atom. The molecule has 0 aliphatic heterocycles. The number of hydrogen-bond donors (Lipinski definition) is 3. The lowest BCUT2D eigenvalue weighted by atomic mass is 10.1. The number of guanidine groups is 1. The maximum atomic E-state index is 4.68. The van der Waals surface area contributed by atoms with Crippen molar-refractivity contribution < 1.29 is 0 Å². The highest BCUT2D eigenvalue weighted by Gasteiger charge is 2.04. The second kappa shape index (κ2) is 8.85. The van der Waals surface area contributed by atoms with Crippen LogP contribution in [0, 0.1) is 6.92 Å². The van der Waals surface area contributed by atoms with Crippen molar-refractivity contribution in [1.29, 1.82) is 0 Å². The third kappa shape index (κ3) is 4.72. The van der Waals surface area contributed by atoms with Gasteiger partial charge in [0.05, 0.1) is 25.0 Å². The number of nitrogens with zero attached hydrogens (tertiary/aromatic N) is 2. The van der Waals surface area contributed by atoms with Crippen LogP contribution in [0.1, 0.15) is 23.9 Å². The minimum Gasteiger partial charge on any atom is -0.357 e. The van der Waals surface area contributed by atoms with Gasteiger partial charge in [-0.15, -0.1) is 0 Å². The topological polar surface area (TPSA) is 65.1 Å². The normalized spacial score (nSPS) is 11.4. The minimum absolute atomic E-state index is 0.590. The van der Waals surface area contributed by atoms with Crippen LogP contribution in [0.25, 0.3) is 11.3 Å². The molecule has 3 N–H and O–H groups in total. The summed E-state index contributed by atoms with van der Waals surface area (Å²) in [7, 11) is 0. The van der Waals surface area contributed by atoms with Gasteiger partial charge in [-0.05, 0) is 30.5 Å². The van der Waals surface area contributed by atoms with E-state index in [9.17, 15) is 0 Å². The first-order chi connectivity index (χ1) is 12.8. The Hall–Kier alpha value is -3.08. The second-order valence-electron chi connectivity index (χ2n) is 6.08. The maximum Gasteiger partial charge on any atom is 0.191 e. The Bertz CT molecular complexity index is 852. The summed E-state index contributed by atoms with van der Waals surface area (Å²) in [5, 5.41) is 6.61. The van der Waals surface area contributed by atoms with E-state index in [0.717, 1.165) is 29.6 Å². The van der Waals surface area contributed by atoms with Crippen LogP contribution in [-0.2, 0) is 13.1 Å². The Kier molecular flexibility index (Phi) is 6.04. The number of nitrogens with one attached hydrogen (secondary N) is 3. The third-order valence-electron chi connectivity index (χ3n) is 4.15. The van der Waals surface area contributed by atoms with Crippen molar-refractivity contribution in [3.05, 3.63) is 77.7 Å². The third-order valence-corrected chi connectivity index (χ3v) is 4.15. The number of aliphatic imine (C=N–C) groups is 1. The fraction of sp³-hybridized carbons (Fsp3) is 0.238. The largest absolute Gasteiger partial charge is 0.357 e. The Morgan fingerprint density at radius 1 is 1.04 bits per heavy atom. The van der Waals surface area contributed by atoms with Crippen LogP contribution in [0.4, 0.5) is 0 Å². The van der Waals surface area contributed by atoms with Gasteiger partial charge in [-0.3, -0.25) is 0 Å². The monoisotopic (exact) mass is 347 g/mol. The molecule has 0 aliphatic carbocycles. The van der Waals surface area contributed by atoms with Gasteiger partial charge in [-0.1, -0.05) is 54.6 Å². The standard InChI is InChI=1S/C21H25N5/c1-3-22-21(24-13-18-12-8-7-9-16(18)2)25-15-20-23-14-19(26-20)17-10-5-4-6-11-17/h4-12,14H,3,13,15H2,1-2H3,(H,23,26)(H2,22,24,25). The summed E-state index contributed by atoms with van der Waals surface area (Å²) >= 11 is 0. The van der Waals surface area contributed by atoms with Crippen molar-refractivity contribution in [2.75, 3.05) is 6.54 Å². The molecule has 0 fully saturated rings. The number of H-pyrrole nitrogens is 1. The predicted octanol–water partition coefficient (Wildman–Crippen LogP) is 3.64. The average molecular weight is 347 g/mol. The van der Waals surface area contributed by atoms with E-state index in [1.807, 2.05) is 36.5 Å².